The highest BCUT2D eigenvalue weighted by Gasteiger charge is 2.24. The van der Waals surface area contributed by atoms with Gasteiger partial charge in [0.05, 0.1) is 23.8 Å². The van der Waals surface area contributed by atoms with Crippen molar-refractivity contribution in [2.24, 2.45) is 0 Å². The van der Waals surface area contributed by atoms with Crippen LogP contribution in [0.4, 0.5) is 0 Å². The number of ether oxygens (including phenoxy) is 1. The molecule has 2 aromatic heterocycles. The number of hydrogen-bond donors (Lipinski definition) is 0. The summed E-state index contributed by atoms with van der Waals surface area (Å²) in [5, 5.41) is 0.571. The van der Waals surface area contributed by atoms with Crippen LogP contribution < -0.4 is 10.3 Å². The van der Waals surface area contributed by atoms with E-state index in [1.54, 1.807) is 18.5 Å². The van der Waals surface area contributed by atoms with Gasteiger partial charge < -0.3 is 9.64 Å². The second-order valence-electron chi connectivity index (χ2n) is 6.92. The van der Waals surface area contributed by atoms with Gasteiger partial charge in [-0.25, -0.2) is 4.98 Å². The van der Waals surface area contributed by atoms with Crippen LogP contribution in [-0.2, 0) is 11.3 Å². The highest BCUT2D eigenvalue weighted by Crippen LogP contribution is 2.18. The molecular formula is C21H22N4O3. The Kier molecular flexibility index (Phi) is 5.32. The number of carbonyl (C=O) groups excluding carboxylic acids is 1. The Morgan fingerprint density at radius 1 is 1.18 bits per heavy atom. The molecule has 0 radical (unpaired) electrons. The lowest BCUT2D eigenvalue weighted by molar-refractivity contribution is -0.134. The summed E-state index contributed by atoms with van der Waals surface area (Å²) in [7, 11) is 0. The highest BCUT2D eigenvalue weighted by atomic mass is 16.5. The number of likely N-dealkylation sites (tertiary alicyclic amines) is 1. The van der Waals surface area contributed by atoms with E-state index in [0.29, 0.717) is 24.0 Å². The van der Waals surface area contributed by atoms with Gasteiger partial charge in [-0.2, -0.15) is 0 Å². The summed E-state index contributed by atoms with van der Waals surface area (Å²) >= 11 is 0. The number of nitrogens with zero attached hydrogens (tertiary/aromatic N) is 4. The molecular weight excluding hydrogens is 356 g/mol. The molecule has 4 rings (SSSR count). The maximum absolute atomic E-state index is 12.7. The van der Waals surface area contributed by atoms with Crippen LogP contribution in [-0.4, -0.2) is 44.5 Å². The first-order valence-electron chi connectivity index (χ1n) is 9.49. The summed E-state index contributed by atoms with van der Waals surface area (Å²) in [6, 6.07) is 10.9. The van der Waals surface area contributed by atoms with Gasteiger partial charge in [-0.15, -0.1) is 0 Å². The van der Waals surface area contributed by atoms with E-state index < -0.39 is 0 Å². The molecule has 1 saturated heterocycles. The van der Waals surface area contributed by atoms with E-state index in [1.165, 1.54) is 10.9 Å². The molecule has 1 unspecified atom stereocenters. The number of fused-ring (bicyclic) bond motifs is 1. The second kappa shape index (κ2) is 8.21. The molecule has 1 aliphatic rings. The lowest BCUT2D eigenvalue weighted by Crippen LogP contribution is -2.44. The summed E-state index contributed by atoms with van der Waals surface area (Å²) in [4.78, 5) is 35.3. The number of carbonyl (C=O) groups is 1. The van der Waals surface area contributed by atoms with Gasteiger partial charge in [-0.05, 0) is 37.1 Å². The number of aromatic nitrogens is 3. The van der Waals surface area contributed by atoms with Crippen LogP contribution in [0, 0.1) is 0 Å². The van der Waals surface area contributed by atoms with Crippen LogP contribution in [0.3, 0.4) is 0 Å². The molecule has 1 fully saturated rings. The fourth-order valence-electron chi connectivity index (χ4n) is 3.51. The molecule has 1 amide bonds. The minimum Gasteiger partial charge on any atom is -0.488 e. The van der Waals surface area contributed by atoms with E-state index in [-0.39, 0.29) is 24.0 Å². The summed E-state index contributed by atoms with van der Waals surface area (Å²) in [6.45, 7) is 1.60. The first kappa shape index (κ1) is 18.2. The van der Waals surface area contributed by atoms with Gasteiger partial charge in [-0.1, -0.05) is 12.1 Å². The highest BCUT2D eigenvalue weighted by molar-refractivity contribution is 5.77. The summed E-state index contributed by atoms with van der Waals surface area (Å²) in [5.41, 5.74) is 0.554. The average molecular weight is 378 g/mol. The van der Waals surface area contributed by atoms with Crippen molar-refractivity contribution in [2.45, 2.75) is 31.9 Å². The van der Waals surface area contributed by atoms with Crippen LogP contribution in [0.2, 0.25) is 0 Å². The van der Waals surface area contributed by atoms with Gasteiger partial charge in [0, 0.05) is 31.9 Å². The first-order valence-corrected chi connectivity index (χ1v) is 9.49. The predicted octanol–water partition coefficient (Wildman–Crippen LogP) is 2.25. The van der Waals surface area contributed by atoms with E-state index in [4.69, 9.17) is 4.74 Å². The second-order valence-corrected chi connectivity index (χ2v) is 6.92. The van der Waals surface area contributed by atoms with Gasteiger partial charge in [0.2, 0.25) is 5.91 Å². The van der Waals surface area contributed by atoms with Crippen molar-refractivity contribution in [1.29, 1.82) is 0 Å². The Morgan fingerprint density at radius 3 is 2.86 bits per heavy atom. The molecule has 0 aliphatic carbocycles. The number of para-hydroxylation sites is 1. The fourth-order valence-corrected chi connectivity index (χ4v) is 3.51. The van der Waals surface area contributed by atoms with Crippen molar-refractivity contribution in [2.75, 3.05) is 13.1 Å². The number of pyridine rings is 1. The molecule has 1 atom stereocenters. The number of piperidine rings is 1. The summed E-state index contributed by atoms with van der Waals surface area (Å²) < 4.78 is 7.48. The van der Waals surface area contributed by atoms with Crippen molar-refractivity contribution < 1.29 is 9.53 Å². The number of hydrogen-bond acceptors (Lipinski definition) is 5. The zero-order valence-corrected chi connectivity index (χ0v) is 15.5. The molecule has 7 nitrogen and oxygen atoms in total. The van der Waals surface area contributed by atoms with E-state index in [2.05, 4.69) is 9.97 Å². The van der Waals surface area contributed by atoms with Gasteiger partial charge in [-0.3, -0.25) is 19.1 Å². The van der Waals surface area contributed by atoms with Gasteiger partial charge >= 0.3 is 0 Å². The lowest BCUT2D eigenvalue weighted by atomic mass is 10.1. The number of benzene rings is 1. The normalized spacial score (nSPS) is 16.9. The molecule has 7 heteroatoms. The van der Waals surface area contributed by atoms with Crippen LogP contribution >= 0.6 is 0 Å². The summed E-state index contributed by atoms with van der Waals surface area (Å²) in [6.07, 6.45) is 6.96. The minimum atomic E-state index is -0.115. The molecule has 0 spiro atoms. The zero-order chi connectivity index (χ0) is 19.3. The molecule has 144 valence electrons. The maximum Gasteiger partial charge on any atom is 0.261 e. The van der Waals surface area contributed by atoms with Crippen LogP contribution in [0.1, 0.15) is 19.3 Å². The molecule has 0 N–H and O–H groups in total. The maximum atomic E-state index is 12.7. The quantitative estimate of drug-likeness (QED) is 0.681. The van der Waals surface area contributed by atoms with E-state index in [0.717, 1.165) is 25.1 Å². The lowest BCUT2D eigenvalue weighted by Gasteiger charge is -2.33. The third-order valence-corrected chi connectivity index (χ3v) is 4.98. The van der Waals surface area contributed by atoms with Crippen LogP contribution in [0.15, 0.2) is 59.9 Å². The van der Waals surface area contributed by atoms with Crippen molar-refractivity contribution in [3.8, 4) is 5.75 Å². The Hall–Kier alpha value is -3.22. The Bertz CT molecular complexity index is 1020. The molecule has 1 aliphatic heterocycles. The molecule has 3 aromatic rings. The monoisotopic (exact) mass is 378 g/mol. The van der Waals surface area contributed by atoms with E-state index in [1.807, 2.05) is 35.2 Å². The SMILES string of the molecule is O=C(CCn1cnc2ccccc2c1=O)N1CCCC(Oc2ccncc2)C1. The third kappa shape index (κ3) is 4.03. The van der Waals surface area contributed by atoms with E-state index in [9.17, 15) is 9.59 Å². The largest absolute Gasteiger partial charge is 0.488 e. The van der Waals surface area contributed by atoms with E-state index >= 15 is 0 Å². The number of rotatable bonds is 5. The molecule has 0 bridgehead atoms. The molecule has 3 heterocycles. The molecule has 0 saturated carbocycles. The fraction of sp³-hybridized carbons (Fsp3) is 0.333. The van der Waals surface area contributed by atoms with Gasteiger partial charge in [0.25, 0.3) is 5.56 Å². The van der Waals surface area contributed by atoms with Crippen molar-refractivity contribution in [1.82, 2.24) is 19.4 Å². The Morgan fingerprint density at radius 2 is 2.00 bits per heavy atom. The van der Waals surface area contributed by atoms with Gasteiger partial charge in [0.15, 0.2) is 0 Å². The van der Waals surface area contributed by atoms with Gasteiger partial charge in [0.1, 0.15) is 11.9 Å². The Balaban J connectivity index is 1.37. The smallest absolute Gasteiger partial charge is 0.261 e. The topological polar surface area (TPSA) is 77.3 Å². The zero-order valence-electron chi connectivity index (χ0n) is 15.5. The Labute approximate surface area is 162 Å². The van der Waals surface area contributed by atoms with Crippen molar-refractivity contribution in [3.05, 3.63) is 65.5 Å². The standard InChI is InChI=1S/C21H22N4O3/c26-20(9-13-25-15-23-19-6-2-1-5-18(19)21(25)27)24-12-3-4-17(14-24)28-16-7-10-22-11-8-16/h1-2,5-8,10-11,15,17H,3-4,9,12-14H2. The first-order chi connectivity index (χ1) is 13.7. The third-order valence-electron chi connectivity index (χ3n) is 4.98. The van der Waals surface area contributed by atoms with Crippen molar-refractivity contribution >= 4 is 16.8 Å². The van der Waals surface area contributed by atoms with Crippen molar-refractivity contribution in [3.63, 3.8) is 0 Å². The number of aryl methyl sites for hydroxylation is 1. The average Bonchev–Trinajstić information content (AvgIpc) is 2.74. The van der Waals surface area contributed by atoms with Crippen LogP contribution in [0.5, 0.6) is 5.75 Å². The molecule has 1 aromatic carbocycles. The molecule has 28 heavy (non-hydrogen) atoms. The summed E-state index contributed by atoms with van der Waals surface area (Å²) in [5.74, 6) is 0.797. The predicted molar refractivity (Wildman–Crippen MR) is 105 cm³/mol. The number of amides is 1. The van der Waals surface area contributed by atoms with Crippen LogP contribution in [0.25, 0.3) is 10.9 Å². The minimum absolute atomic E-state index is 0.0230.